The zero-order valence-corrected chi connectivity index (χ0v) is 15.5. The van der Waals surface area contributed by atoms with Crippen molar-refractivity contribution in [2.75, 3.05) is 23.7 Å². The summed E-state index contributed by atoms with van der Waals surface area (Å²) < 4.78 is 0. The van der Waals surface area contributed by atoms with Crippen molar-refractivity contribution in [3.8, 4) is 0 Å². The summed E-state index contributed by atoms with van der Waals surface area (Å²) in [6, 6.07) is 1.81. The largest absolute Gasteiger partial charge is 0.390 e. The van der Waals surface area contributed by atoms with Gasteiger partial charge in [0.1, 0.15) is 16.0 Å². The van der Waals surface area contributed by atoms with E-state index in [0.29, 0.717) is 29.0 Å². The Morgan fingerprint density at radius 3 is 2.67 bits per heavy atom. The van der Waals surface area contributed by atoms with Gasteiger partial charge in [0.05, 0.1) is 16.8 Å². The van der Waals surface area contributed by atoms with Crippen LogP contribution >= 0.6 is 35.0 Å². The van der Waals surface area contributed by atoms with Crippen molar-refractivity contribution in [2.45, 2.75) is 29.4 Å². The summed E-state index contributed by atoms with van der Waals surface area (Å²) in [4.78, 5) is 15.4. The number of halogens is 2. The fourth-order valence-corrected chi connectivity index (χ4v) is 3.63. The smallest absolute Gasteiger partial charge is 0.158 e. The van der Waals surface area contributed by atoms with Crippen LogP contribution in [0.4, 0.5) is 11.6 Å². The Morgan fingerprint density at radius 1 is 1.33 bits per heavy atom. The number of aromatic nitrogens is 3. The first-order valence-electron chi connectivity index (χ1n) is 7.33. The van der Waals surface area contributed by atoms with Crippen molar-refractivity contribution in [1.82, 2.24) is 15.0 Å². The van der Waals surface area contributed by atoms with Gasteiger partial charge in [0.25, 0.3) is 0 Å². The second kappa shape index (κ2) is 6.55. The van der Waals surface area contributed by atoms with Crippen molar-refractivity contribution >= 4 is 46.6 Å². The zero-order valence-electron chi connectivity index (χ0n) is 13.2. The molecule has 6 nitrogen and oxygen atoms in total. The van der Waals surface area contributed by atoms with Gasteiger partial charge in [0.15, 0.2) is 5.82 Å². The zero-order chi connectivity index (χ0) is 17.5. The van der Waals surface area contributed by atoms with Gasteiger partial charge in [-0.1, -0.05) is 35.0 Å². The normalized spacial score (nSPS) is 15.5. The van der Waals surface area contributed by atoms with Gasteiger partial charge in [-0.3, -0.25) is 0 Å². The van der Waals surface area contributed by atoms with Crippen molar-refractivity contribution in [3.05, 3.63) is 28.6 Å². The van der Waals surface area contributed by atoms with Gasteiger partial charge in [-0.15, -0.1) is 0 Å². The van der Waals surface area contributed by atoms with E-state index in [9.17, 15) is 5.11 Å². The van der Waals surface area contributed by atoms with Gasteiger partial charge in [0, 0.05) is 30.1 Å². The summed E-state index contributed by atoms with van der Waals surface area (Å²) in [5, 5.41) is 11.4. The molecule has 1 aliphatic rings. The van der Waals surface area contributed by atoms with Crippen LogP contribution in [-0.4, -0.2) is 38.7 Å². The molecule has 2 aromatic heterocycles. The predicted molar refractivity (Wildman–Crippen MR) is 96.8 cm³/mol. The molecule has 1 fully saturated rings. The highest BCUT2D eigenvalue weighted by molar-refractivity contribution is 7.99. The summed E-state index contributed by atoms with van der Waals surface area (Å²) in [6.45, 7) is 5.07. The average molecular weight is 386 g/mol. The van der Waals surface area contributed by atoms with Crippen LogP contribution in [-0.2, 0) is 0 Å². The number of nitrogens with two attached hydrogens (primary N) is 1. The predicted octanol–water partition coefficient (Wildman–Crippen LogP) is 3.12. The minimum atomic E-state index is -0.706. The van der Waals surface area contributed by atoms with E-state index in [4.69, 9.17) is 28.9 Å². The number of hydrogen-bond acceptors (Lipinski definition) is 7. The number of rotatable bonds is 4. The molecule has 0 unspecified atom stereocenters. The molecule has 1 saturated heterocycles. The number of anilines is 2. The highest BCUT2D eigenvalue weighted by atomic mass is 35.5. The van der Waals surface area contributed by atoms with Crippen LogP contribution in [0.15, 0.2) is 28.4 Å². The van der Waals surface area contributed by atoms with Crippen LogP contribution in [0.2, 0.25) is 10.2 Å². The van der Waals surface area contributed by atoms with E-state index >= 15 is 0 Å². The molecule has 0 amide bonds. The van der Waals surface area contributed by atoms with Gasteiger partial charge < -0.3 is 15.7 Å². The van der Waals surface area contributed by atoms with Crippen LogP contribution in [0.5, 0.6) is 0 Å². The molecule has 3 heterocycles. The molecule has 24 heavy (non-hydrogen) atoms. The molecule has 2 aromatic rings. The highest BCUT2D eigenvalue weighted by Gasteiger charge is 2.38. The first-order chi connectivity index (χ1) is 11.3. The van der Waals surface area contributed by atoms with E-state index < -0.39 is 5.60 Å². The number of pyridine rings is 1. The van der Waals surface area contributed by atoms with E-state index in [-0.39, 0.29) is 16.9 Å². The van der Waals surface area contributed by atoms with Crippen LogP contribution < -0.4 is 10.6 Å². The lowest BCUT2D eigenvalue weighted by molar-refractivity contribution is 0.00438. The highest BCUT2D eigenvalue weighted by Crippen LogP contribution is 2.41. The molecular formula is C15H17Cl2N5OS. The van der Waals surface area contributed by atoms with E-state index in [1.54, 1.807) is 12.3 Å². The minimum Gasteiger partial charge on any atom is -0.390 e. The van der Waals surface area contributed by atoms with E-state index in [0.717, 1.165) is 4.90 Å². The second-order valence-corrected chi connectivity index (χ2v) is 7.98. The van der Waals surface area contributed by atoms with Crippen molar-refractivity contribution in [1.29, 1.82) is 0 Å². The van der Waals surface area contributed by atoms with E-state index in [1.165, 1.54) is 18.0 Å². The number of aliphatic hydroxyl groups is 1. The summed E-state index contributed by atoms with van der Waals surface area (Å²) >= 11 is 13.6. The van der Waals surface area contributed by atoms with Crippen molar-refractivity contribution < 1.29 is 5.11 Å². The Labute approximate surface area is 154 Å². The van der Waals surface area contributed by atoms with Gasteiger partial charge in [-0.25, -0.2) is 15.0 Å². The molecule has 0 aromatic carbocycles. The third-order valence-corrected chi connectivity index (χ3v) is 5.69. The molecule has 0 spiro atoms. The molecule has 0 aliphatic carbocycles. The maximum atomic E-state index is 10.0. The Morgan fingerprint density at radius 2 is 2.04 bits per heavy atom. The lowest BCUT2D eigenvalue weighted by atomic mass is 9.84. The summed E-state index contributed by atoms with van der Waals surface area (Å²) in [5.41, 5.74) is 5.14. The minimum absolute atomic E-state index is 0.199. The van der Waals surface area contributed by atoms with Crippen LogP contribution in [0.25, 0.3) is 0 Å². The fraction of sp³-hybridized carbons (Fsp3) is 0.400. The summed E-state index contributed by atoms with van der Waals surface area (Å²) in [6.07, 6.45) is 3.14. The Balaban J connectivity index is 1.79. The molecular weight excluding hydrogens is 369 g/mol. The summed E-state index contributed by atoms with van der Waals surface area (Å²) in [5.74, 6) is 1.15. The van der Waals surface area contributed by atoms with Crippen LogP contribution in [0.3, 0.4) is 0 Å². The Bertz CT molecular complexity index is 762. The van der Waals surface area contributed by atoms with Gasteiger partial charge in [0.2, 0.25) is 0 Å². The standard InChI is InChI=1S/C15H17Cl2N5OS/c1-15(2,23)8-6-22(7-8)13-11(17)9(3-4-19-13)24-14-12(18)21-10(16)5-20-14/h3-5,8,23H,6-7H2,1-2H3,(H2,18,21). The molecule has 0 radical (unpaired) electrons. The van der Waals surface area contributed by atoms with Gasteiger partial charge >= 0.3 is 0 Å². The second-order valence-electron chi connectivity index (χ2n) is 6.19. The number of hydrogen-bond donors (Lipinski definition) is 2. The third-order valence-electron chi connectivity index (χ3n) is 3.96. The summed E-state index contributed by atoms with van der Waals surface area (Å²) in [7, 11) is 0. The molecule has 3 N–H and O–H groups in total. The van der Waals surface area contributed by atoms with Crippen LogP contribution in [0, 0.1) is 5.92 Å². The van der Waals surface area contributed by atoms with Gasteiger partial charge in [-0.2, -0.15) is 0 Å². The SMILES string of the molecule is CC(C)(O)C1CN(c2nccc(Sc3ncc(Cl)nc3N)c2Cl)C1. The van der Waals surface area contributed by atoms with Gasteiger partial charge in [-0.05, 0) is 19.9 Å². The average Bonchev–Trinajstić information content (AvgIpc) is 2.42. The lowest BCUT2D eigenvalue weighted by Gasteiger charge is -2.46. The number of nitrogen functional groups attached to an aromatic ring is 1. The van der Waals surface area contributed by atoms with Crippen molar-refractivity contribution in [3.63, 3.8) is 0 Å². The molecule has 3 rings (SSSR count). The van der Waals surface area contributed by atoms with E-state index in [1.807, 2.05) is 18.7 Å². The fourth-order valence-electron chi connectivity index (χ4n) is 2.37. The quantitative estimate of drug-likeness (QED) is 0.835. The Hall–Kier alpha value is -1.28. The number of nitrogens with zero attached hydrogens (tertiary/aromatic N) is 4. The Kier molecular flexibility index (Phi) is 4.79. The molecule has 0 bridgehead atoms. The molecule has 9 heteroatoms. The first-order valence-corrected chi connectivity index (χ1v) is 8.90. The molecule has 0 saturated carbocycles. The molecule has 128 valence electrons. The maximum Gasteiger partial charge on any atom is 0.158 e. The monoisotopic (exact) mass is 385 g/mol. The third kappa shape index (κ3) is 3.54. The topological polar surface area (TPSA) is 88.2 Å². The van der Waals surface area contributed by atoms with Crippen LogP contribution in [0.1, 0.15) is 13.8 Å². The maximum absolute atomic E-state index is 10.0. The molecule has 0 atom stereocenters. The van der Waals surface area contributed by atoms with E-state index in [2.05, 4.69) is 15.0 Å². The molecule has 1 aliphatic heterocycles. The first kappa shape index (κ1) is 17.5. The van der Waals surface area contributed by atoms with Crippen molar-refractivity contribution in [2.24, 2.45) is 5.92 Å². The lowest BCUT2D eigenvalue weighted by Crippen LogP contribution is -2.56.